The Morgan fingerprint density at radius 3 is 2.33 bits per heavy atom. The molecule has 1 saturated heterocycles. The second-order valence-electron chi connectivity index (χ2n) is 7.34. The van der Waals surface area contributed by atoms with Crippen molar-refractivity contribution >= 4 is 24.2 Å². The molecule has 0 bridgehead atoms. The summed E-state index contributed by atoms with van der Waals surface area (Å²) in [6.45, 7) is 6.61. The van der Waals surface area contributed by atoms with Crippen molar-refractivity contribution in [3.8, 4) is 0 Å². The first-order valence-electron chi connectivity index (χ1n) is 9.01. The highest BCUT2D eigenvalue weighted by Crippen LogP contribution is 2.21. The van der Waals surface area contributed by atoms with Crippen LogP contribution in [0, 0.1) is 23.5 Å². The Kier molecular flexibility index (Phi) is 8.62. The molecule has 0 aromatic heterocycles. The summed E-state index contributed by atoms with van der Waals surface area (Å²) in [6.07, 6.45) is 1.80. The van der Waals surface area contributed by atoms with Crippen molar-refractivity contribution in [2.24, 2.45) is 17.6 Å². The average molecular weight is 404 g/mol. The highest BCUT2D eigenvalue weighted by atomic mass is 35.5. The second kappa shape index (κ2) is 9.99. The van der Waals surface area contributed by atoms with Gasteiger partial charge in [0.25, 0.3) is 5.91 Å². The molecule has 1 fully saturated rings. The first-order valence-corrected chi connectivity index (χ1v) is 9.01. The molecule has 0 aliphatic carbocycles. The summed E-state index contributed by atoms with van der Waals surface area (Å²) in [4.78, 5) is 27.0. The molecule has 3 unspecified atom stereocenters. The van der Waals surface area contributed by atoms with Gasteiger partial charge in [-0.2, -0.15) is 0 Å². The molecule has 27 heavy (non-hydrogen) atoms. The van der Waals surface area contributed by atoms with Gasteiger partial charge in [-0.05, 0) is 43.7 Å². The monoisotopic (exact) mass is 403 g/mol. The summed E-state index contributed by atoms with van der Waals surface area (Å²) in [7, 11) is 0. The molecule has 8 heteroatoms. The Morgan fingerprint density at radius 2 is 1.81 bits per heavy atom. The number of likely N-dealkylation sites (tertiary alicyclic amines) is 1. The standard InChI is InChI=1S/C19H27F2N3O2.ClH/c1-11(2)17(19(26)24-9-5-6-13(10-24)12(3)22)23-18(25)16-14(20)7-4-8-15(16)21;/h4,7-8,11-13,17H,5-6,9-10,22H2,1-3H3,(H,23,25);1H. The van der Waals surface area contributed by atoms with Gasteiger partial charge in [-0.15, -0.1) is 12.4 Å². The molecule has 5 nitrogen and oxygen atoms in total. The van der Waals surface area contributed by atoms with E-state index in [0.717, 1.165) is 25.0 Å². The number of amides is 2. The van der Waals surface area contributed by atoms with E-state index in [4.69, 9.17) is 5.73 Å². The van der Waals surface area contributed by atoms with Crippen molar-refractivity contribution < 1.29 is 18.4 Å². The number of hydrogen-bond donors (Lipinski definition) is 2. The fraction of sp³-hybridized carbons (Fsp3) is 0.579. The van der Waals surface area contributed by atoms with Gasteiger partial charge in [0.2, 0.25) is 5.91 Å². The predicted octanol–water partition coefficient (Wildman–Crippen LogP) is 2.73. The minimum Gasteiger partial charge on any atom is -0.341 e. The molecule has 2 rings (SSSR count). The lowest BCUT2D eigenvalue weighted by atomic mass is 9.91. The lowest BCUT2D eigenvalue weighted by Gasteiger charge is -2.37. The second-order valence-corrected chi connectivity index (χ2v) is 7.34. The molecule has 1 aliphatic heterocycles. The maximum Gasteiger partial charge on any atom is 0.257 e. The van der Waals surface area contributed by atoms with Gasteiger partial charge < -0.3 is 16.0 Å². The SMILES string of the molecule is CC(C)C(NC(=O)c1c(F)cccc1F)C(=O)N1CCCC(C(C)N)C1.Cl. The van der Waals surface area contributed by atoms with Crippen LogP contribution in [-0.4, -0.2) is 41.9 Å². The highest BCUT2D eigenvalue weighted by molar-refractivity contribution is 5.98. The normalized spacial score (nSPS) is 19.2. The third-order valence-electron chi connectivity index (χ3n) is 4.92. The minimum atomic E-state index is -0.951. The van der Waals surface area contributed by atoms with E-state index in [-0.39, 0.29) is 36.2 Å². The summed E-state index contributed by atoms with van der Waals surface area (Å²) in [5, 5.41) is 2.51. The molecule has 0 spiro atoms. The minimum absolute atomic E-state index is 0. The van der Waals surface area contributed by atoms with Gasteiger partial charge in [-0.1, -0.05) is 19.9 Å². The first kappa shape index (κ1) is 23.3. The number of carbonyl (C=O) groups is 2. The van der Waals surface area contributed by atoms with Crippen LogP contribution in [0.3, 0.4) is 0 Å². The molecule has 1 heterocycles. The summed E-state index contributed by atoms with van der Waals surface area (Å²) < 4.78 is 27.7. The van der Waals surface area contributed by atoms with E-state index < -0.39 is 29.1 Å². The van der Waals surface area contributed by atoms with E-state index in [1.165, 1.54) is 6.07 Å². The van der Waals surface area contributed by atoms with Gasteiger partial charge in [-0.25, -0.2) is 8.78 Å². The zero-order valence-corrected chi connectivity index (χ0v) is 16.7. The number of carbonyl (C=O) groups excluding carboxylic acids is 2. The summed E-state index contributed by atoms with van der Waals surface area (Å²) >= 11 is 0. The van der Waals surface area contributed by atoms with Crippen LogP contribution in [0.1, 0.15) is 44.0 Å². The average Bonchev–Trinajstić information content (AvgIpc) is 2.58. The molecular formula is C19H28ClF2N3O2. The number of benzene rings is 1. The fourth-order valence-corrected chi connectivity index (χ4v) is 3.28. The van der Waals surface area contributed by atoms with Crippen LogP contribution in [0.2, 0.25) is 0 Å². The Bertz CT molecular complexity index is 650. The van der Waals surface area contributed by atoms with Crippen molar-refractivity contribution in [3.63, 3.8) is 0 Å². The van der Waals surface area contributed by atoms with Crippen molar-refractivity contribution in [2.75, 3.05) is 13.1 Å². The van der Waals surface area contributed by atoms with Crippen molar-refractivity contribution in [1.29, 1.82) is 0 Å². The highest BCUT2D eigenvalue weighted by Gasteiger charge is 2.33. The van der Waals surface area contributed by atoms with Crippen LogP contribution >= 0.6 is 12.4 Å². The molecule has 0 radical (unpaired) electrons. The molecule has 0 saturated carbocycles. The van der Waals surface area contributed by atoms with E-state index in [1.807, 2.05) is 6.92 Å². The van der Waals surface area contributed by atoms with Crippen LogP contribution in [-0.2, 0) is 4.79 Å². The third-order valence-corrected chi connectivity index (χ3v) is 4.92. The van der Waals surface area contributed by atoms with E-state index in [9.17, 15) is 18.4 Å². The zero-order chi connectivity index (χ0) is 19.4. The number of nitrogens with two attached hydrogens (primary N) is 1. The number of hydrogen-bond acceptors (Lipinski definition) is 3. The Balaban J connectivity index is 0.00000364. The smallest absolute Gasteiger partial charge is 0.257 e. The van der Waals surface area contributed by atoms with Crippen molar-refractivity contribution in [2.45, 2.75) is 45.7 Å². The van der Waals surface area contributed by atoms with Crippen LogP contribution < -0.4 is 11.1 Å². The van der Waals surface area contributed by atoms with E-state index in [2.05, 4.69) is 5.32 Å². The summed E-state index contributed by atoms with van der Waals surface area (Å²) in [5.41, 5.74) is 5.30. The number of rotatable bonds is 5. The van der Waals surface area contributed by atoms with E-state index in [0.29, 0.717) is 13.1 Å². The van der Waals surface area contributed by atoms with Crippen LogP contribution in [0.4, 0.5) is 8.78 Å². The van der Waals surface area contributed by atoms with E-state index in [1.54, 1.807) is 18.7 Å². The summed E-state index contributed by atoms with van der Waals surface area (Å²) in [5.74, 6) is -3.08. The molecule has 1 aliphatic rings. The van der Waals surface area contributed by atoms with Gasteiger partial charge in [0.05, 0.1) is 0 Å². The van der Waals surface area contributed by atoms with Gasteiger partial charge in [-0.3, -0.25) is 9.59 Å². The number of nitrogens with one attached hydrogen (secondary N) is 1. The van der Waals surface area contributed by atoms with Gasteiger partial charge in [0.15, 0.2) is 0 Å². The maximum absolute atomic E-state index is 13.8. The molecule has 152 valence electrons. The molecule has 1 aromatic carbocycles. The Hall–Kier alpha value is -1.73. The topological polar surface area (TPSA) is 75.4 Å². The Morgan fingerprint density at radius 1 is 1.22 bits per heavy atom. The quantitative estimate of drug-likeness (QED) is 0.793. The first-order chi connectivity index (χ1) is 12.2. The van der Waals surface area contributed by atoms with E-state index >= 15 is 0 Å². The largest absolute Gasteiger partial charge is 0.341 e. The van der Waals surface area contributed by atoms with Crippen molar-refractivity contribution in [1.82, 2.24) is 10.2 Å². The lowest BCUT2D eigenvalue weighted by Crippen LogP contribution is -2.54. The number of piperidine rings is 1. The third kappa shape index (κ3) is 5.62. The van der Waals surface area contributed by atoms with Crippen LogP contribution in [0.5, 0.6) is 0 Å². The summed E-state index contributed by atoms with van der Waals surface area (Å²) in [6, 6.07) is 2.34. The van der Waals surface area contributed by atoms with Crippen LogP contribution in [0.15, 0.2) is 18.2 Å². The van der Waals surface area contributed by atoms with Crippen LogP contribution in [0.25, 0.3) is 0 Å². The molecule has 2 amide bonds. The van der Waals surface area contributed by atoms with Crippen molar-refractivity contribution in [3.05, 3.63) is 35.4 Å². The Labute approximate surface area is 165 Å². The number of halogens is 3. The number of nitrogens with zero attached hydrogens (tertiary/aromatic N) is 1. The van der Waals surface area contributed by atoms with Gasteiger partial charge in [0, 0.05) is 19.1 Å². The van der Waals surface area contributed by atoms with Gasteiger partial charge in [0.1, 0.15) is 23.2 Å². The lowest BCUT2D eigenvalue weighted by molar-refractivity contribution is -0.136. The molecule has 3 atom stereocenters. The molecular weight excluding hydrogens is 376 g/mol. The molecule has 1 aromatic rings. The molecule has 3 N–H and O–H groups in total. The fourth-order valence-electron chi connectivity index (χ4n) is 3.28. The van der Waals surface area contributed by atoms with Gasteiger partial charge >= 0.3 is 0 Å². The zero-order valence-electron chi connectivity index (χ0n) is 15.9. The predicted molar refractivity (Wildman–Crippen MR) is 103 cm³/mol. The maximum atomic E-state index is 13.8.